The molecule has 0 saturated heterocycles. The minimum atomic E-state index is -0.835. The van der Waals surface area contributed by atoms with Gasteiger partial charge >= 0.3 is 0 Å². The van der Waals surface area contributed by atoms with E-state index in [4.69, 9.17) is 4.74 Å². The number of methoxy groups -OCH3 is 1. The molecule has 1 aromatic carbocycles. The van der Waals surface area contributed by atoms with Gasteiger partial charge in [0.25, 0.3) is 0 Å². The highest BCUT2D eigenvalue weighted by molar-refractivity contribution is 5.80. The molecule has 9 heteroatoms. The number of nitrogens with zero attached hydrogens (tertiary/aromatic N) is 4. The Morgan fingerprint density at radius 3 is 2.93 bits per heavy atom. The molecule has 7 nitrogen and oxygen atoms in total. The van der Waals surface area contributed by atoms with Crippen molar-refractivity contribution in [1.82, 2.24) is 25.4 Å². The van der Waals surface area contributed by atoms with Crippen LogP contribution in [-0.4, -0.2) is 47.0 Å². The summed E-state index contributed by atoms with van der Waals surface area (Å²) >= 11 is 0. The minimum absolute atomic E-state index is 0.0366. The maximum atomic E-state index is 13.5. The Morgan fingerprint density at radius 1 is 1.38 bits per heavy atom. The number of benzene rings is 1. The van der Waals surface area contributed by atoms with E-state index in [9.17, 15) is 8.78 Å². The molecule has 29 heavy (non-hydrogen) atoms. The van der Waals surface area contributed by atoms with Crippen LogP contribution in [0.5, 0.6) is 0 Å². The van der Waals surface area contributed by atoms with Crippen molar-refractivity contribution in [2.24, 2.45) is 4.99 Å². The van der Waals surface area contributed by atoms with Crippen LogP contribution in [0.3, 0.4) is 0 Å². The maximum Gasteiger partial charge on any atom is 0.191 e. The van der Waals surface area contributed by atoms with Gasteiger partial charge < -0.3 is 15.4 Å². The number of fused-ring (bicyclic) bond motifs is 1. The van der Waals surface area contributed by atoms with Gasteiger partial charge in [0.05, 0.1) is 6.54 Å². The largest absolute Gasteiger partial charge is 0.377 e. The number of hydrogen-bond acceptors (Lipinski definition) is 4. The molecule has 2 aromatic rings. The number of hydrogen-bond donors (Lipinski definition) is 2. The molecule has 0 aliphatic carbocycles. The first-order valence-electron chi connectivity index (χ1n) is 9.91. The van der Waals surface area contributed by atoms with Gasteiger partial charge in [-0.15, -0.1) is 0 Å². The van der Waals surface area contributed by atoms with E-state index in [1.165, 1.54) is 6.07 Å². The number of aryl methyl sites for hydroxylation is 1. The number of aliphatic imine (C=N–C) groups is 1. The molecule has 2 unspecified atom stereocenters. The SMILES string of the molecule is CCNC(=NCC(C)c1ccc(F)c(F)c1)NC1CCc2nc(COC)nn2C1. The Bertz CT molecular complexity index is 853. The van der Waals surface area contributed by atoms with Gasteiger partial charge in [-0.3, -0.25) is 4.99 Å². The topological polar surface area (TPSA) is 76.4 Å². The monoisotopic (exact) mass is 406 g/mol. The fraction of sp³-hybridized carbons (Fsp3) is 0.550. The summed E-state index contributed by atoms with van der Waals surface area (Å²) < 4.78 is 33.7. The lowest BCUT2D eigenvalue weighted by Crippen LogP contribution is -2.47. The quantitative estimate of drug-likeness (QED) is 0.545. The molecule has 1 aliphatic heterocycles. The highest BCUT2D eigenvalue weighted by atomic mass is 19.2. The van der Waals surface area contributed by atoms with E-state index < -0.39 is 11.6 Å². The Balaban J connectivity index is 1.62. The predicted octanol–water partition coefficient (Wildman–Crippen LogP) is 2.38. The van der Waals surface area contributed by atoms with Crippen molar-refractivity contribution in [2.45, 2.75) is 51.8 Å². The first-order chi connectivity index (χ1) is 14.0. The van der Waals surface area contributed by atoms with Crippen LogP contribution >= 0.6 is 0 Å². The molecular formula is C20H28F2N6O. The molecule has 2 heterocycles. The van der Waals surface area contributed by atoms with Crippen LogP contribution in [-0.2, 0) is 24.3 Å². The third-order valence-electron chi connectivity index (χ3n) is 4.90. The molecule has 0 saturated carbocycles. The van der Waals surface area contributed by atoms with Crippen LogP contribution in [0.2, 0.25) is 0 Å². The number of halogens is 2. The fourth-order valence-corrected chi connectivity index (χ4v) is 3.33. The molecular weight excluding hydrogens is 378 g/mol. The van der Waals surface area contributed by atoms with Gasteiger partial charge in [0, 0.05) is 38.6 Å². The van der Waals surface area contributed by atoms with Gasteiger partial charge in [0.1, 0.15) is 12.4 Å². The predicted molar refractivity (Wildman–Crippen MR) is 107 cm³/mol. The highest BCUT2D eigenvalue weighted by Crippen LogP contribution is 2.18. The van der Waals surface area contributed by atoms with E-state index in [2.05, 4.69) is 25.7 Å². The summed E-state index contributed by atoms with van der Waals surface area (Å²) in [7, 11) is 1.63. The Labute approximate surface area is 169 Å². The first kappa shape index (κ1) is 21.2. The normalized spacial score (nSPS) is 17.7. The lowest BCUT2D eigenvalue weighted by atomic mass is 10.0. The lowest BCUT2D eigenvalue weighted by Gasteiger charge is -2.25. The van der Waals surface area contributed by atoms with Crippen LogP contribution in [0.25, 0.3) is 0 Å². The first-order valence-corrected chi connectivity index (χ1v) is 9.91. The van der Waals surface area contributed by atoms with Crippen molar-refractivity contribution in [3.63, 3.8) is 0 Å². The van der Waals surface area contributed by atoms with E-state index in [0.29, 0.717) is 31.5 Å². The Morgan fingerprint density at radius 2 is 2.21 bits per heavy atom. The molecule has 0 bridgehead atoms. The molecule has 0 amide bonds. The second-order valence-corrected chi connectivity index (χ2v) is 7.23. The van der Waals surface area contributed by atoms with Crippen molar-refractivity contribution >= 4 is 5.96 Å². The van der Waals surface area contributed by atoms with Gasteiger partial charge in [-0.2, -0.15) is 5.10 Å². The van der Waals surface area contributed by atoms with Crippen molar-refractivity contribution in [3.05, 3.63) is 47.0 Å². The van der Waals surface area contributed by atoms with Crippen molar-refractivity contribution in [1.29, 1.82) is 0 Å². The molecule has 2 atom stereocenters. The summed E-state index contributed by atoms with van der Waals surface area (Å²) in [4.78, 5) is 9.13. The Hall–Kier alpha value is -2.55. The van der Waals surface area contributed by atoms with Crippen LogP contribution in [0, 0.1) is 11.6 Å². The van der Waals surface area contributed by atoms with E-state index >= 15 is 0 Å². The maximum absolute atomic E-state index is 13.5. The zero-order valence-electron chi connectivity index (χ0n) is 17.1. The van der Waals surface area contributed by atoms with E-state index in [0.717, 1.165) is 36.8 Å². The smallest absolute Gasteiger partial charge is 0.191 e. The molecule has 0 radical (unpaired) electrons. The zero-order valence-corrected chi connectivity index (χ0v) is 17.1. The van der Waals surface area contributed by atoms with Gasteiger partial charge in [-0.1, -0.05) is 13.0 Å². The molecule has 1 aromatic heterocycles. The third-order valence-corrected chi connectivity index (χ3v) is 4.90. The van der Waals surface area contributed by atoms with Crippen molar-refractivity contribution in [3.8, 4) is 0 Å². The number of aromatic nitrogens is 3. The summed E-state index contributed by atoms with van der Waals surface area (Å²) in [5.41, 5.74) is 0.721. The Kier molecular flexibility index (Phi) is 7.13. The van der Waals surface area contributed by atoms with Crippen LogP contribution < -0.4 is 10.6 Å². The summed E-state index contributed by atoms with van der Waals surface area (Å²) in [6.45, 7) is 6.24. The van der Waals surface area contributed by atoms with Crippen LogP contribution in [0.4, 0.5) is 8.78 Å². The zero-order chi connectivity index (χ0) is 20.8. The second-order valence-electron chi connectivity index (χ2n) is 7.23. The highest BCUT2D eigenvalue weighted by Gasteiger charge is 2.22. The number of rotatable bonds is 7. The van der Waals surface area contributed by atoms with Gasteiger partial charge in [-0.25, -0.2) is 18.4 Å². The molecule has 0 spiro atoms. The summed E-state index contributed by atoms with van der Waals surface area (Å²) in [6.07, 6.45) is 1.76. The van der Waals surface area contributed by atoms with Crippen molar-refractivity contribution < 1.29 is 13.5 Å². The number of ether oxygens (including phenoxy) is 1. The van der Waals surface area contributed by atoms with E-state index in [1.807, 2.05) is 18.5 Å². The number of nitrogens with one attached hydrogen (secondary N) is 2. The standard InChI is InChI=1S/C20H28F2N6O/c1-4-23-20(24-10-13(2)14-5-7-16(21)17(22)9-14)25-15-6-8-19-26-18(12-29-3)27-28(19)11-15/h5,7,9,13,15H,4,6,8,10-12H2,1-3H3,(H2,23,24,25). The van der Waals surface area contributed by atoms with Gasteiger partial charge in [0.15, 0.2) is 23.4 Å². The van der Waals surface area contributed by atoms with Gasteiger partial charge in [0.2, 0.25) is 0 Å². The summed E-state index contributed by atoms with van der Waals surface area (Å²) in [6, 6.07) is 4.17. The van der Waals surface area contributed by atoms with Crippen molar-refractivity contribution in [2.75, 3.05) is 20.2 Å². The van der Waals surface area contributed by atoms with E-state index in [-0.39, 0.29) is 12.0 Å². The third kappa shape index (κ3) is 5.50. The summed E-state index contributed by atoms with van der Waals surface area (Å²) in [5.74, 6) is 0.672. The fourth-order valence-electron chi connectivity index (χ4n) is 3.33. The van der Waals surface area contributed by atoms with E-state index in [1.54, 1.807) is 13.2 Å². The summed E-state index contributed by atoms with van der Waals surface area (Å²) in [5, 5.41) is 11.2. The molecule has 3 rings (SSSR count). The minimum Gasteiger partial charge on any atom is -0.377 e. The molecule has 0 fully saturated rings. The van der Waals surface area contributed by atoms with Gasteiger partial charge in [-0.05, 0) is 31.0 Å². The second kappa shape index (κ2) is 9.78. The van der Waals surface area contributed by atoms with Crippen LogP contribution in [0.1, 0.15) is 43.4 Å². The average molecular weight is 406 g/mol. The average Bonchev–Trinajstić information content (AvgIpc) is 3.10. The lowest BCUT2D eigenvalue weighted by molar-refractivity contribution is 0.177. The molecule has 1 aliphatic rings. The van der Waals surface area contributed by atoms with Crippen LogP contribution in [0.15, 0.2) is 23.2 Å². The molecule has 2 N–H and O–H groups in total. The molecule has 158 valence electrons. The number of guanidine groups is 1.